The zero-order valence-corrected chi connectivity index (χ0v) is 10.0. The van der Waals surface area contributed by atoms with Crippen LogP contribution in [0.25, 0.3) is 0 Å². The Morgan fingerprint density at radius 2 is 2.27 bits per heavy atom. The second kappa shape index (κ2) is 5.23. The molecule has 1 aromatic carbocycles. The van der Waals surface area contributed by atoms with E-state index in [1.165, 1.54) is 12.1 Å². The molecule has 0 saturated carbocycles. The lowest BCUT2D eigenvalue weighted by Crippen LogP contribution is -2.15. The molecule has 0 amide bonds. The SMILES string of the molecule is C[C@H](N)CCc1ccc([N+](=O)[O-])cc1Br. The molecule has 0 saturated heterocycles. The highest BCUT2D eigenvalue weighted by Gasteiger charge is 2.09. The van der Waals surface area contributed by atoms with E-state index in [0.29, 0.717) is 0 Å². The Bertz CT molecular complexity index is 366. The average molecular weight is 273 g/mol. The van der Waals surface area contributed by atoms with Crippen LogP contribution in [0.3, 0.4) is 0 Å². The summed E-state index contributed by atoms with van der Waals surface area (Å²) in [6.07, 6.45) is 1.70. The number of aryl methyl sites for hydroxylation is 1. The van der Waals surface area contributed by atoms with Crippen molar-refractivity contribution in [2.45, 2.75) is 25.8 Å². The number of hydrogen-bond donors (Lipinski definition) is 1. The van der Waals surface area contributed by atoms with E-state index >= 15 is 0 Å². The Labute approximate surface area is 96.8 Å². The van der Waals surface area contributed by atoms with Crippen LogP contribution in [0.5, 0.6) is 0 Å². The van der Waals surface area contributed by atoms with Gasteiger partial charge in [0.25, 0.3) is 5.69 Å². The number of nitro groups is 1. The van der Waals surface area contributed by atoms with Crippen LogP contribution in [-0.2, 0) is 6.42 Å². The maximum atomic E-state index is 10.5. The van der Waals surface area contributed by atoms with Crippen LogP contribution in [0, 0.1) is 10.1 Å². The van der Waals surface area contributed by atoms with Crippen LogP contribution < -0.4 is 5.73 Å². The summed E-state index contributed by atoms with van der Waals surface area (Å²) in [7, 11) is 0. The van der Waals surface area contributed by atoms with Crippen molar-refractivity contribution in [1.82, 2.24) is 0 Å². The van der Waals surface area contributed by atoms with E-state index in [-0.39, 0.29) is 11.7 Å². The Morgan fingerprint density at radius 1 is 1.60 bits per heavy atom. The van der Waals surface area contributed by atoms with E-state index in [2.05, 4.69) is 15.9 Å². The quantitative estimate of drug-likeness (QED) is 0.677. The Balaban J connectivity index is 2.79. The normalized spacial score (nSPS) is 12.5. The van der Waals surface area contributed by atoms with E-state index in [0.717, 1.165) is 22.9 Å². The molecule has 0 aliphatic rings. The van der Waals surface area contributed by atoms with Gasteiger partial charge < -0.3 is 5.73 Å². The average Bonchev–Trinajstić information content (AvgIpc) is 2.15. The number of benzene rings is 1. The third-order valence-corrected chi connectivity index (χ3v) is 2.85. The van der Waals surface area contributed by atoms with Gasteiger partial charge in [-0.1, -0.05) is 22.0 Å². The Kier molecular flexibility index (Phi) is 4.23. The molecule has 1 rings (SSSR count). The molecule has 0 fully saturated rings. The maximum absolute atomic E-state index is 10.5. The number of non-ortho nitro benzene ring substituents is 1. The molecule has 0 aliphatic carbocycles. The van der Waals surface area contributed by atoms with Crippen LogP contribution in [0.15, 0.2) is 22.7 Å². The largest absolute Gasteiger partial charge is 0.328 e. The predicted molar refractivity (Wildman–Crippen MR) is 62.8 cm³/mol. The molecular formula is C10H13BrN2O2. The molecule has 0 heterocycles. The van der Waals surface area contributed by atoms with Crippen molar-refractivity contribution in [2.24, 2.45) is 5.73 Å². The number of hydrogen-bond acceptors (Lipinski definition) is 3. The van der Waals surface area contributed by atoms with Gasteiger partial charge in [0.2, 0.25) is 0 Å². The van der Waals surface area contributed by atoms with E-state index in [4.69, 9.17) is 5.73 Å². The van der Waals surface area contributed by atoms with Crippen LogP contribution in [0.4, 0.5) is 5.69 Å². The molecule has 0 spiro atoms. The first kappa shape index (κ1) is 12.1. The second-order valence-electron chi connectivity index (χ2n) is 3.55. The third-order valence-electron chi connectivity index (χ3n) is 2.12. The summed E-state index contributed by atoms with van der Waals surface area (Å²) in [6.45, 7) is 1.94. The van der Waals surface area contributed by atoms with E-state index < -0.39 is 4.92 Å². The number of nitrogens with two attached hydrogens (primary N) is 1. The fourth-order valence-corrected chi connectivity index (χ4v) is 1.80. The van der Waals surface area contributed by atoms with Gasteiger partial charge in [-0.25, -0.2) is 0 Å². The van der Waals surface area contributed by atoms with E-state index in [1.807, 2.05) is 6.92 Å². The third kappa shape index (κ3) is 3.60. The lowest BCUT2D eigenvalue weighted by molar-refractivity contribution is -0.384. The van der Waals surface area contributed by atoms with Crippen LogP contribution in [-0.4, -0.2) is 11.0 Å². The molecule has 82 valence electrons. The van der Waals surface area contributed by atoms with Crippen molar-refractivity contribution >= 4 is 21.6 Å². The first-order valence-electron chi connectivity index (χ1n) is 4.69. The maximum Gasteiger partial charge on any atom is 0.270 e. The number of halogens is 1. The molecule has 0 unspecified atom stereocenters. The molecule has 2 N–H and O–H groups in total. The minimum Gasteiger partial charge on any atom is -0.328 e. The topological polar surface area (TPSA) is 69.2 Å². The summed E-state index contributed by atoms with van der Waals surface area (Å²) >= 11 is 3.32. The molecule has 15 heavy (non-hydrogen) atoms. The summed E-state index contributed by atoms with van der Waals surface area (Å²) in [6, 6.07) is 4.95. The molecule has 0 aromatic heterocycles. The molecule has 0 radical (unpaired) electrons. The van der Waals surface area contributed by atoms with Crippen LogP contribution in [0.2, 0.25) is 0 Å². The van der Waals surface area contributed by atoms with Crippen molar-refractivity contribution in [1.29, 1.82) is 0 Å². The Morgan fingerprint density at radius 3 is 2.73 bits per heavy atom. The van der Waals surface area contributed by atoms with Crippen molar-refractivity contribution in [2.75, 3.05) is 0 Å². The molecule has 4 nitrogen and oxygen atoms in total. The van der Waals surface area contributed by atoms with Crippen LogP contribution >= 0.6 is 15.9 Å². The lowest BCUT2D eigenvalue weighted by atomic mass is 10.1. The van der Waals surface area contributed by atoms with Gasteiger partial charge in [0, 0.05) is 22.6 Å². The highest BCUT2D eigenvalue weighted by molar-refractivity contribution is 9.10. The molecule has 1 aromatic rings. The monoisotopic (exact) mass is 272 g/mol. The standard InChI is InChI=1S/C10H13BrN2O2/c1-7(12)2-3-8-4-5-9(13(14)15)6-10(8)11/h4-7H,2-3,12H2,1H3/t7-/m0/s1. The first-order chi connectivity index (χ1) is 7.00. The lowest BCUT2D eigenvalue weighted by Gasteiger charge is -2.06. The zero-order valence-electron chi connectivity index (χ0n) is 8.44. The molecule has 0 bridgehead atoms. The zero-order chi connectivity index (χ0) is 11.4. The predicted octanol–water partition coefficient (Wildman–Crippen LogP) is 2.64. The van der Waals surface area contributed by atoms with Gasteiger partial charge in [0.1, 0.15) is 0 Å². The summed E-state index contributed by atoms with van der Waals surface area (Å²) in [5, 5.41) is 10.5. The van der Waals surface area contributed by atoms with Gasteiger partial charge in [0.15, 0.2) is 0 Å². The molecule has 1 atom stereocenters. The number of nitro benzene ring substituents is 1. The van der Waals surface area contributed by atoms with Gasteiger partial charge in [0.05, 0.1) is 4.92 Å². The van der Waals surface area contributed by atoms with Gasteiger partial charge in [-0.05, 0) is 25.3 Å². The van der Waals surface area contributed by atoms with Crippen molar-refractivity contribution in [3.8, 4) is 0 Å². The summed E-state index contributed by atoms with van der Waals surface area (Å²) in [5.41, 5.74) is 6.80. The molecule has 0 aliphatic heterocycles. The number of rotatable bonds is 4. The first-order valence-corrected chi connectivity index (χ1v) is 5.48. The minimum absolute atomic E-state index is 0.103. The van der Waals surface area contributed by atoms with Gasteiger partial charge in [-0.2, -0.15) is 0 Å². The fourth-order valence-electron chi connectivity index (χ4n) is 1.24. The van der Waals surface area contributed by atoms with Crippen molar-refractivity contribution in [3.05, 3.63) is 38.3 Å². The summed E-state index contributed by atoms with van der Waals surface area (Å²) < 4.78 is 0.775. The van der Waals surface area contributed by atoms with Gasteiger partial charge in [-0.15, -0.1) is 0 Å². The highest BCUT2D eigenvalue weighted by Crippen LogP contribution is 2.24. The van der Waals surface area contributed by atoms with Gasteiger partial charge >= 0.3 is 0 Å². The Hall–Kier alpha value is -0.940. The number of nitrogens with zero attached hydrogens (tertiary/aromatic N) is 1. The van der Waals surface area contributed by atoms with Gasteiger partial charge in [-0.3, -0.25) is 10.1 Å². The highest BCUT2D eigenvalue weighted by atomic mass is 79.9. The van der Waals surface area contributed by atoms with E-state index in [1.54, 1.807) is 6.07 Å². The van der Waals surface area contributed by atoms with E-state index in [9.17, 15) is 10.1 Å². The van der Waals surface area contributed by atoms with Crippen molar-refractivity contribution in [3.63, 3.8) is 0 Å². The minimum atomic E-state index is -0.403. The van der Waals surface area contributed by atoms with Crippen LogP contribution in [0.1, 0.15) is 18.9 Å². The summed E-state index contributed by atoms with van der Waals surface area (Å²) in [5.74, 6) is 0. The smallest absolute Gasteiger partial charge is 0.270 e. The molecule has 5 heteroatoms. The summed E-state index contributed by atoms with van der Waals surface area (Å²) in [4.78, 5) is 10.1. The van der Waals surface area contributed by atoms with Crippen molar-refractivity contribution < 1.29 is 4.92 Å². The fraction of sp³-hybridized carbons (Fsp3) is 0.400. The second-order valence-corrected chi connectivity index (χ2v) is 4.40. The molecular weight excluding hydrogens is 260 g/mol.